The van der Waals surface area contributed by atoms with Crippen molar-refractivity contribution < 1.29 is 4.39 Å². The van der Waals surface area contributed by atoms with Gasteiger partial charge < -0.3 is 0 Å². The summed E-state index contributed by atoms with van der Waals surface area (Å²) in [6, 6.07) is 9.09. The lowest BCUT2D eigenvalue weighted by Crippen LogP contribution is -1.83. The highest BCUT2D eigenvalue weighted by Crippen LogP contribution is 2.28. The summed E-state index contributed by atoms with van der Waals surface area (Å²) < 4.78 is 15.1. The molecule has 0 saturated heterocycles. The molecule has 0 bridgehead atoms. The minimum atomic E-state index is -0.189. The van der Waals surface area contributed by atoms with Crippen molar-refractivity contribution in [3.05, 3.63) is 51.6 Å². The van der Waals surface area contributed by atoms with E-state index in [0.29, 0.717) is 0 Å². The summed E-state index contributed by atoms with van der Waals surface area (Å²) in [6.07, 6.45) is 0. The summed E-state index contributed by atoms with van der Waals surface area (Å²) in [4.78, 5) is 0. The van der Waals surface area contributed by atoms with Crippen LogP contribution in [0.15, 0.2) is 44.4 Å². The van der Waals surface area contributed by atoms with E-state index in [9.17, 15) is 4.39 Å². The maximum atomic E-state index is 13.1. The molecular formula is C11H8BrFS2. The molecule has 0 aliphatic heterocycles. The molecule has 0 nitrogen and oxygen atoms in total. The van der Waals surface area contributed by atoms with Gasteiger partial charge in [-0.25, -0.2) is 4.39 Å². The van der Waals surface area contributed by atoms with Crippen LogP contribution in [0, 0.1) is 5.82 Å². The third-order valence-corrected chi connectivity index (χ3v) is 4.46. The smallest absolute Gasteiger partial charge is 0.124 e. The molecule has 15 heavy (non-hydrogen) atoms. The van der Waals surface area contributed by atoms with Crippen LogP contribution in [0.5, 0.6) is 0 Å². The number of benzene rings is 1. The molecule has 1 aromatic heterocycles. The Bertz CT molecular complexity index is 420. The standard InChI is InChI=1S/C11H8BrFS2/c12-9-4-8(5-10(13)6-9)7-15-11-2-1-3-14-11/h1-6H,7H2. The van der Waals surface area contributed by atoms with Crippen LogP contribution in [-0.2, 0) is 5.75 Å². The van der Waals surface area contributed by atoms with E-state index in [0.717, 1.165) is 15.8 Å². The fourth-order valence-corrected chi connectivity index (χ4v) is 3.42. The SMILES string of the molecule is Fc1cc(Br)cc(CSc2cccs2)c1. The maximum absolute atomic E-state index is 13.1. The first-order valence-corrected chi connectivity index (χ1v) is 7.01. The van der Waals surface area contributed by atoms with Crippen LogP contribution in [0.3, 0.4) is 0 Å². The minimum Gasteiger partial charge on any atom is -0.207 e. The van der Waals surface area contributed by atoms with Gasteiger partial charge in [0.2, 0.25) is 0 Å². The second-order valence-electron chi connectivity index (χ2n) is 3.00. The molecule has 2 rings (SSSR count). The highest BCUT2D eigenvalue weighted by atomic mass is 79.9. The van der Waals surface area contributed by atoms with Crippen molar-refractivity contribution >= 4 is 39.0 Å². The zero-order valence-electron chi connectivity index (χ0n) is 7.74. The molecule has 78 valence electrons. The van der Waals surface area contributed by atoms with Gasteiger partial charge >= 0.3 is 0 Å². The maximum Gasteiger partial charge on any atom is 0.124 e. The van der Waals surface area contributed by atoms with Crippen molar-refractivity contribution in [2.45, 2.75) is 9.96 Å². The van der Waals surface area contributed by atoms with Gasteiger partial charge in [0.25, 0.3) is 0 Å². The fourth-order valence-electron chi connectivity index (χ4n) is 1.19. The summed E-state index contributed by atoms with van der Waals surface area (Å²) >= 11 is 6.72. The van der Waals surface area contributed by atoms with Crippen LogP contribution in [0.25, 0.3) is 0 Å². The first-order chi connectivity index (χ1) is 7.24. The van der Waals surface area contributed by atoms with Crippen molar-refractivity contribution in [1.82, 2.24) is 0 Å². The largest absolute Gasteiger partial charge is 0.207 e. The van der Waals surface area contributed by atoms with E-state index >= 15 is 0 Å². The lowest BCUT2D eigenvalue weighted by atomic mass is 10.2. The van der Waals surface area contributed by atoms with E-state index < -0.39 is 0 Å². The molecule has 0 spiro atoms. The van der Waals surface area contributed by atoms with Gasteiger partial charge in [-0.3, -0.25) is 0 Å². The van der Waals surface area contributed by atoms with E-state index in [-0.39, 0.29) is 5.82 Å². The molecule has 0 aliphatic rings. The highest BCUT2D eigenvalue weighted by Gasteiger charge is 2.00. The van der Waals surface area contributed by atoms with Crippen molar-refractivity contribution in [1.29, 1.82) is 0 Å². The molecule has 1 aromatic carbocycles. The monoisotopic (exact) mass is 302 g/mol. The van der Waals surface area contributed by atoms with Crippen LogP contribution in [-0.4, -0.2) is 0 Å². The number of hydrogen-bond donors (Lipinski definition) is 0. The summed E-state index contributed by atoms with van der Waals surface area (Å²) in [5.74, 6) is 0.614. The third-order valence-electron chi connectivity index (χ3n) is 1.80. The first-order valence-electron chi connectivity index (χ1n) is 4.35. The molecule has 0 amide bonds. The topological polar surface area (TPSA) is 0 Å². The minimum absolute atomic E-state index is 0.189. The van der Waals surface area contributed by atoms with Gasteiger partial charge in [-0.1, -0.05) is 22.0 Å². The summed E-state index contributed by atoms with van der Waals surface area (Å²) in [7, 11) is 0. The van der Waals surface area contributed by atoms with Crippen LogP contribution < -0.4 is 0 Å². The quantitative estimate of drug-likeness (QED) is 0.724. The van der Waals surface area contributed by atoms with Gasteiger partial charge in [0.1, 0.15) is 5.82 Å². The van der Waals surface area contributed by atoms with Gasteiger partial charge in [0.15, 0.2) is 0 Å². The zero-order chi connectivity index (χ0) is 10.7. The average molecular weight is 303 g/mol. The molecule has 0 atom stereocenters. The van der Waals surface area contributed by atoms with E-state index in [2.05, 4.69) is 22.0 Å². The molecule has 4 heteroatoms. The first kappa shape index (κ1) is 11.2. The van der Waals surface area contributed by atoms with E-state index in [1.165, 1.54) is 10.3 Å². The van der Waals surface area contributed by atoms with Gasteiger partial charge in [-0.15, -0.1) is 23.1 Å². The number of thiophene rings is 1. The Morgan fingerprint density at radius 3 is 2.87 bits per heavy atom. The molecule has 2 aromatic rings. The predicted octanol–water partition coefficient (Wildman–Crippen LogP) is 4.94. The normalized spacial score (nSPS) is 10.5. The molecular weight excluding hydrogens is 295 g/mol. The Morgan fingerprint density at radius 1 is 1.33 bits per heavy atom. The zero-order valence-corrected chi connectivity index (χ0v) is 11.0. The fraction of sp³-hybridized carbons (Fsp3) is 0.0909. The molecule has 0 radical (unpaired) electrons. The summed E-state index contributed by atoms with van der Waals surface area (Å²) in [6.45, 7) is 0. The molecule has 0 aliphatic carbocycles. The van der Waals surface area contributed by atoms with Crippen molar-refractivity contribution in [3.8, 4) is 0 Å². The van der Waals surface area contributed by atoms with Gasteiger partial charge in [0, 0.05) is 10.2 Å². The third kappa shape index (κ3) is 3.33. The van der Waals surface area contributed by atoms with Crippen molar-refractivity contribution in [2.24, 2.45) is 0 Å². The highest BCUT2D eigenvalue weighted by molar-refractivity contribution is 9.10. The van der Waals surface area contributed by atoms with Crippen molar-refractivity contribution in [2.75, 3.05) is 0 Å². The second kappa shape index (κ2) is 5.14. The van der Waals surface area contributed by atoms with E-state index in [4.69, 9.17) is 0 Å². The van der Waals surface area contributed by atoms with E-state index in [1.54, 1.807) is 29.2 Å². The van der Waals surface area contributed by atoms with Gasteiger partial charge in [-0.05, 0) is 35.2 Å². The van der Waals surface area contributed by atoms with Crippen molar-refractivity contribution in [3.63, 3.8) is 0 Å². The summed E-state index contributed by atoms with van der Waals surface area (Å²) in [5, 5.41) is 2.05. The molecule has 0 unspecified atom stereocenters. The molecule has 0 N–H and O–H groups in total. The Hall–Kier alpha value is -0.320. The van der Waals surface area contributed by atoms with Gasteiger partial charge in [0.05, 0.1) is 4.21 Å². The lowest BCUT2D eigenvalue weighted by Gasteiger charge is -2.01. The summed E-state index contributed by atoms with van der Waals surface area (Å²) in [5.41, 5.74) is 1.00. The van der Waals surface area contributed by atoms with Crippen LogP contribution in [0.4, 0.5) is 4.39 Å². The number of hydrogen-bond acceptors (Lipinski definition) is 2. The lowest BCUT2D eigenvalue weighted by molar-refractivity contribution is 0.625. The van der Waals surface area contributed by atoms with Crippen LogP contribution >= 0.6 is 39.0 Å². The number of thioether (sulfide) groups is 1. The number of rotatable bonds is 3. The molecule has 1 heterocycles. The predicted molar refractivity (Wildman–Crippen MR) is 68.0 cm³/mol. The Balaban J connectivity index is 2.05. The molecule has 0 fully saturated rings. The van der Waals surface area contributed by atoms with Gasteiger partial charge in [-0.2, -0.15) is 0 Å². The second-order valence-corrected chi connectivity index (χ2v) is 6.14. The Morgan fingerprint density at radius 2 is 2.20 bits per heavy atom. The Kier molecular flexibility index (Phi) is 3.83. The van der Waals surface area contributed by atoms with Crippen LogP contribution in [0.2, 0.25) is 0 Å². The number of halogens is 2. The Labute approximate surface area is 105 Å². The van der Waals surface area contributed by atoms with E-state index in [1.807, 2.05) is 17.5 Å². The molecule has 0 saturated carbocycles. The average Bonchev–Trinajstić information content (AvgIpc) is 2.65. The van der Waals surface area contributed by atoms with Crippen LogP contribution in [0.1, 0.15) is 5.56 Å².